The molecular weight excluding hydrogens is 809 g/mol. The number of carbonyl (C=O) groups is 1. The van der Waals surface area contributed by atoms with Gasteiger partial charge >= 0.3 is 0 Å². The van der Waals surface area contributed by atoms with Crippen LogP contribution in [0.4, 0.5) is 0 Å². The van der Waals surface area contributed by atoms with E-state index in [4.69, 9.17) is 14.7 Å². The molecule has 1 amide bonds. The summed E-state index contributed by atoms with van der Waals surface area (Å²) in [6, 6.07) is 17.8. The van der Waals surface area contributed by atoms with E-state index in [0.717, 1.165) is 96.7 Å². The maximum Gasteiger partial charge on any atom is 0.244 e. The zero-order valence-corrected chi connectivity index (χ0v) is 38.8. The van der Waals surface area contributed by atoms with Gasteiger partial charge in [0.05, 0.1) is 50.0 Å². The van der Waals surface area contributed by atoms with E-state index in [0.29, 0.717) is 26.1 Å². The number of amides is 1. The molecule has 64 heavy (non-hydrogen) atoms. The molecule has 0 radical (unpaired) electrons. The molecule has 2 aromatic carbocycles. The summed E-state index contributed by atoms with van der Waals surface area (Å²) in [5.41, 5.74) is 5.14. The minimum atomic E-state index is -0.685. The second kappa shape index (κ2) is 27.1. The van der Waals surface area contributed by atoms with Crippen LogP contribution in [0.5, 0.6) is 11.5 Å². The average Bonchev–Trinajstić information content (AvgIpc) is 3.32. The smallest absolute Gasteiger partial charge is 0.244 e. The first-order chi connectivity index (χ1) is 31.2. The Balaban J connectivity index is 0.000000241. The number of hydroxylamine groups is 1. The van der Waals surface area contributed by atoms with Crippen LogP contribution in [0, 0.1) is 11.3 Å². The first-order valence-electron chi connectivity index (χ1n) is 23.7. The van der Waals surface area contributed by atoms with E-state index in [2.05, 4.69) is 49.5 Å². The number of hydrogen-bond donors (Lipinski definition) is 4. The number of aromatic nitrogens is 2. The van der Waals surface area contributed by atoms with Crippen LogP contribution in [0.2, 0.25) is 0 Å². The lowest BCUT2D eigenvalue weighted by molar-refractivity contribution is -0.131. The van der Waals surface area contributed by atoms with E-state index >= 15 is 0 Å². The van der Waals surface area contributed by atoms with Crippen molar-refractivity contribution in [2.24, 2.45) is 0 Å². The number of nitriles is 1. The number of carbonyl (C=O) groups excluding carboxylic acids is 1. The van der Waals surface area contributed by atoms with Crippen molar-refractivity contribution in [3.63, 3.8) is 0 Å². The number of aliphatic hydroxyl groups is 2. The SMILES string of the molecule is CCCCCCCN1CCN(CC(O)c2ccnc3ccc(OC)cc23)C[C@@H]1CC(=O)NO.CCCCCCCN1CCN(C[C@H](O)c2ccnc3ccc(OC)cc23)C[C@H]1CC#N. The lowest BCUT2D eigenvalue weighted by Gasteiger charge is -2.42. The van der Waals surface area contributed by atoms with Gasteiger partial charge in [0.1, 0.15) is 11.5 Å². The number of ether oxygens (including phenoxy) is 2. The number of β-amino-alcohol motifs (C(OH)–C–C–N with tert-alkyl or cyclic N) is 2. The molecule has 4 atom stereocenters. The van der Waals surface area contributed by atoms with Gasteiger partial charge in [0.25, 0.3) is 0 Å². The van der Waals surface area contributed by atoms with Crippen molar-refractivity contribution in [3.05, 3.63) is 72.1 Å². The standard InChI is InChI=1S/C25H38N4O4.C25H36N4O2/c1-3-4-5-6-7-12-29-14-13-28(17-19(29)15-25(31)27-32)18-24(30)21-10-11-26-23-9-8-20(33-2)16-22(21)23;1-3-4-5-6-7-14-29-16-15-28(18-20(29)10-12-26)19-25(30)22-11-13-27-24-9-8-21(31-2)17-23(22)24/h8-11,16,19,24,30,32H,3-7,12-15,17-18H2,1-2H3,(H,27,31);8-9,11,13,17,20,25,30H,3-7,10,14-16,18-19H2,1-2H3/t19-,24?;20-,25+/m01/s1. The minimum Gasteiger partial charge on any atom is -0.497 e. The second-order valence-corrected chi connectivity index (χ2v) is 17.4. The minimum absolute atomic E-state index is 0.0125. The fourth-order valence-corrected chi connectivity index (χ4v) is 9.24. The van der Waals surface area contributed by atoms with Crippen LogP contribution in [0.1, 0.15) is 114 Å². The van der Waals surface area contributed by atoms with Gasteiger partial charge in [-0.25, -0.2) is 5.48 Å². The Morgan fingerprint density at radius 3 is 1.64 bits per heavy atom. The van der Waals surface area contributed by atoms with E-state index in [1.165, 1.54) is 57.8 Å². The Labute approximate surface area is 381 Å². The zero-order chi connectivity index (χ0) is 45.7. The zero-order valence-electron chi connectivity index (χ0n) is 38.8. The Hall–Kier alpha value is -4.46. The predicted octanol–water partition coefficient (Wildman–Crippen LogP) is 7.28. The van der Waals surface area contributed by atoms with Crippen LogP contribution in [0.25, 0.3) is 21.8 Å². The summed E-state index contributed by atoms with van der Waals surface area (Å²) in [7, 11) is 3.27. The van der Waals surface area contributed by atoms with E-state index < -0.39 is 12.2 Å². The van der Waals surface area contributed by atoms with E-state index in [9.17, 15) is 20.3 Å². The topological polar surface area (TPSA) is 171 Å². The summed E-state index contributed by atoms with van der Waals surface area (Å²) in [6.45, 7) is 12.5. The number of nitrogens with zero attached hydrogens (tertiary/aromatic N) is 7. The summed E-state index contributed by atoms with van der Waals surface area (Å²) in [6.07, 6.45) is 15.3. The number of nitrogens with one attached hydrogen (secondary N) is 1. The monoisotopic (exact) mass is 883 g/mol. The van der Waals surface area contributed by atoms with E-state index in [-0.39, 0.29) is 24.4 Å². The summed E-state index contributed by atoms with van der Waals surface area (Å²) in [5, 5.41) is 42.3. The fraction of sp³-hybridized carbons (Fsp3) is 0.600. The molecule has 2 saturated heterocycles. The molecule has 2 aliphatic heterocycles. The van der Waals surface area contributed by atoms with Crippen molar-refractivity contribution >= 4 is 27.7 Å². The Bertz CT molecular complexity index is 2050. The molecule has 0 aliphatic carbocycles. The molecule has 0 saturated carbocycles. The van der Waals surface area contributed by atoms with Crippen LogP contribution in [-0.4, -0.2) is 143 Å². The molecule has 0 bridgehead atoms. The largest absolute Gasteiger partial charge is 0.497 e. The number of hydrogen-bond acceptors (Lipinski definition) is 13. The molecule has 2 fully saturated rings. The number of piperazine rings is 2. The molecule has 4 heterocycles. The molecule has 4 aromatic rings. The molecule has 14 nitrogen and oxygen atoms in total. The molecule has 350 valence electrons. The predicted molar refractivity (Wildman–Crippen MR) is 252 cm³/mol. The first-order valence-corrected chi connectivity index (χ1v) is 23.7. The summed E-state index contributed by atoms with van der Waals surface area (Å²) < 4.78 is 10.7. The maximum atomic E-state index is 11.9. The van der Waals surface area contributed by atoms with Gasteiger partial charge in [-0.1, -0.05) is 65.2 Å². The molecule has 0 spiro atoms. The molecule has 6 rings (SSSR count). The van der Waals surface area contributed by atoms with Crippen molar-refractivity contribution < 1.29 is 29.7 Å². The highest BCUT2D eigenvalue weighted by Gasteiger charge is 2.31. The number of pyridine rings is 2. The van der Waals surface area contributed by atoms with Crippen molar-refractivity contribution in [1.29, 1.82) is 5.26 Å². The van der Waals surface area contributed by atoms with Gasteiger partial charge in [-0.3, -0.25) is 39.6 Å². The number of rotatable bonds is 23. The third-order valence-corrected chi connectivity index (χ3v) is 12.9. The van der Waals surface area contributed by atoms with Crippen LogP contribution in [0.3, 0.4) is 0 Å². The van der Waals surface area contributed by atoms with Gasteiger partial charge in [0, 0.05) is 94.0 Å². The first kappa shape index (κ1) is 50.5. The van der Waals surface area contributed by atoms with Crippen LogP contribution in [-0.2, 0) is 4.79 Å². The molecule has 4 N–H and O–H groups in total. The molecule has 2 aromatic heterocycles. The number of unbranched alkanes of at least 4 members (excludes halogenated alkanes) is 8. The summed E-state index contributed by atoms with van der Waals surface area (Å²) in [4.78, 5) is 30.1. The van der Waals surface area contributed by atoms with Crippen LogP contribution >= 0.6 is 0 Å². The van der Waals surface area contributed by atoms with E-state index in [1.54, 1.807) is 32.1 Å². The molecule has 2 aliphatic rings. The summed E-state index contributed by atoms with van der Waals surface area (Å²) in [5.74, 6) is 1.12. The Kier molecular flexibility index (Phi) is 21.4. The molecule has 1 unspecified atom stereocenters. The van der Waals surface area contributed by atoms with Gasteiger partial charge in [0.2, 0.25) is 5.91 Å². The van der Waals surface area contributed by atoms with Crippen molar-refractivity contribution in [3.8, 4) is 17.6 Å². The van der Waals surface area contributed by atoms with Crippen molar-refractivity contribution in [2.45, 2.75) is 115 Å². The van der Waals surface area contributed by atoms with Gasteiger partial charge in [0.15, 0.2) is 0 Å². The van der Waals surface area contributed by atoms with Gasteiger partial charge < -0.3 is 19.7 Å². The highest BCUT2D eigenvalue weighted by Crippen LogP contribution is 2.30. The van der Waals surface area contributed by atoms with Crippen molar-refractivity contribution in [2.75, 3.05) is 79.7 Å². The quantitative estimate of drug-likeness (QED) is 0.0334. The maximum absolute atomic E-state index is 11.9. The fourth-order valence-electron chi connectivity index (χ4n) is 9.24. The Morgan fingerprint density at radius 1 is 0.719 bits per heavy atom. The van der Waals surface area contributed by atoms with E-state index in [1.807, 2.05) is 48.5 Å². The number of benzene rings is 2. The highest BCUT2D eigenvalue weighted by atomic mass is 16.5. The van der Waals surface area contributed by atoms with Crippen LogP contribution in [0.15, 0.2) is 60.9 Å². The highest BCUT2D eigenvalue weighted by molar-refractivity contribution is 5.84. The number of fused-ring (bicyclic) bond motifs is 2. The van der Waals surface area contributed by atoms with Crippen LogP contribution < -0.4 is 15.0 Å². The number of methoxy groups -OCH3 is 2. The Morgan fingerprint density at radius 2 is 1.19 bits per heavy atom. The molecule has 14 heteroatoms. The molecular formula is C50H74N8O6. The average molecular weight is 883 g/mol. The van der Waals surface area contributed by atoms with Gasteiger partial charge in [-0.15, -0.1) is 0 Å². The van der Waals surface area contributed by atoms with Crippen molar-refractivity contribution in [1.82, 2.24) is 35.0 Å². The third-order valence-electron chi connectivity index (χ3n) is 12.9. The lowest BCUT2D eigenvalue weighted by atomic mass is 10.0. The van der Waals surface area contributed by atoms with Gasteiger partial charge in [-0.05, 0) is 85.6 Å². The second-order valence-electron chi connectivity index (χ2n) is 17.4. The summed E-state index contributed by atoms with van der Waals surface area (Å²) >= 11 is 0. The van der Waals surface area contributed by atoms with Gasteiger partial charge in [-0.2, -0.15) is 5.26 Å². The third kappa shape index (κ3) is 15.1. The lowest BCUT2D eigenvalue weighted by Crippen LogP contribution is -2.55. The number of aliphatic hydroxyl groups excluding tert-OH is 2. The normalized spacial score (nSPS) is 18.5.